The van der Waals surface area contributed by atoms with Crippen LogP contribution in [-0.2, 0) is 5.75 Å². The van der Waals surface area contributed by atoms with E-state index in [2.05, 4.69) is 21.3 Å². The maximum Gasteiger partial charge on any atom is 0.183 e. The Balaban J connectivity index is 2.08. The second kappa shape index (κ2) is 4.81. The normalized spacial score (nSPS) is 10.0. The molecule has 0 fully saturated rings. The van der Waals surface area contributed by atoms with Crippen molar-refractivity contribution in [3.63, 3.8) is 0 Å². The molecule has 1 aromatic carbocycles. The van der Waals surface area contributed by atoms with Gasteiger partial charge in [0.2, 0.25) is 0 Å². The lowest BCUT2D eigenvalue weighted by Crippen LogP contribution is -1.88. The highest BCUT2D eigenvalue weighted by atomic mass is 32.2. The van der Waals surface area contributed by atoms with E-state index in [0.717, 1.165) is 16.5 Å². The van der Waals surface area contributed by atoms with Gasteiger partial charge < -0.3 is 0 Å². The third-order valence-electron chi connectivity index (χ3n) is 2.23. The number of nitriles is 1. The van der Waals surface area contributed by atoms with Crippen LogP contribution >= 0.6 is 11.8 Å². The number of thioether (sulfide) groups is 1. The summed E-state index contributed by atoms with van der Waals surface area (Å²) in [4.78, 5) is 4.04. The molecule has 1 N–H and O–H groups in total. The fourth-order valence-electron chi connectivity index (χ4n) is 1.34. The highest BCUT2D eigenvalue weighted by Gasteiger charge is 2.02. The van der Waals surface area contributed by atoms with Gasteiger partial charge in [0, 0.05) is 5.75 Å². The van der Waals surface area contributed by atoms with Gasteiger partial charge in [-0.15, -0.1) is 0 Å². The van der Waals surface area contributed by atoms with E-state index < -0.39 is 0 Å². The number of rotatable bonds is 3. The van der Waals surface area contributed by atoms with Crippen molar-refractivity contribution >= 4 is 11.8 Å². The summed E-state index contributed by atoms with van der Waals surface area (Å²) in [5, 5.41) is 16.1. The molecule has 0 atom stereocenters. The molecule has 1 heterocycles. The van der Waals surface area contributed by atoms with Crippen LogP contribution in [0.4, 0.5) is 0 Å². The highest BCUT2D eigenvalue weighted by Crippen LogP contribution is 2.21. The Morgan fingerprint density at radius 1 is 1.50 bits per heavy atom. The van der Waals surface area contributed by atoms with Gasteiger partial charge in [-0.25, -0.2) is 4.98 Å². The summed E-state index contributed by atoms with van der Waals surface area (Å²) in [7, 11) is 0. The molecule has 2 rings (SSSR count). The first-order valence-electron chi connectivity index (χ1n) is 4.77. The fourth-order valence-corrected chi connectivity index (χ4v) is 2.19. The number of H-pyrrole nitrogens is 1. The van der Waals surface area contributed by atoms with Crippen molar-refractivity contribution in [1.29, 1.82) is 5.26 Å². The van der Waals surface area contributed by atoms with Gasteiger partial charge in [-0.3, -0.25) is 5.10 Å². The minimum absolute atomic E-state index is 0.700. The quantitative estimate of drug-likeness (QED) is 0.821. The van der Waals surface area contributed by atoms with E-state index in [1.165, 1.54) is 11.9 Å². The van der Waals surface area contributed by atoms with Crippen molar-refractivity contribution in [2.24, 2.45) is 0 Å². The summed E-state index contributed by atoms with van der Waals surface area (Å²) in [6.07, 6.45) is 1.49. The summed E-state index contributed by atoms with van der Waals surface area (Å²) >= 11 is 1.60. The molecule has 0 unspecified atom stereocenters. The van der Waals surface area contributed by atoms with Crippen molar-refractivity contribution in [2.45, 2.75) is 17.8 Å². The van der Waals surface area contributed by atoms with Gasteiger partial charge in [0.25, 0.3) is 0 Å². The monoisotopic (exact) mass is 230 g/mol. The molecule has 0 aliphatic carbocycles. The largest absolute Gasteiger partial charge is 0.254 e. The van der Waals surface area contributed by atoms with Crippen LogP contribution in [0.1, 0.15) is 16.7 Å². The van der Waals surface area contributed by atoms with E-state index in [0.29, 0.717) is 5.56 Å². The van der Waals surface area contributed by atoms with Crippen LogP contribution in [0.15, 0.2) is 29.7 Å². The number of nitrogens with zero attached hydrogens (tertiary/aromatic N) is 3. The fraction of sp³-hybridized carbons (Fsp3) is 0.182. The van der Waals surface area contributed by atoms with Gasteiger partial charge in [-0.2, -0.15) is 10.4 Å². The number of hydrogen-bond donors (Lipinski definition) is 1. The smallest absolute Gasteiger partial charge is 0.183 e. The van der Waals surface area contributed by atoms with Crippen molar-refractivity contribution in [3.05, 3.63) is 41.2 Å². The molecule has 0 bridgehead atoms. The minimum Gasteiger partial charge on any atom is -0.254 e. The molecule has 0 aliphatic heterocycles. The number of aromatic nitrogens is 3. The van der Waals surface area contributed by atoms with Gasteiger partial charge in [0.15, 0.2) is 5.16 Å². The zero-order valence-corrected chi connectivity index (χ0v) is 9.58. The number of hydrogen-bond acceptors (Lipinski definition) is 4. The highest BCUT2D eigenvalue weighted by molar-refractivity contribution is 7.98. The Kier molecular flexibility index (Phi) is 3.22. The number of aromatic amines is 1. The minimum atomic E-state index is 0.700. The third kappa shape index (κ3) is 2.41. The van der Waals surface area contributed by atoms with Crippen LogP contribution in [0.3, 0.4) is 0 Å². The molecule has 80 valence electrons. The molecular formula is C11H10N4S. The van der Waals surface area contributed by atoms with Crippen LogP contribution in [0.2, 0.25) is 0 Å². The van der Waals surface area contributed by atoms with E-state index in [9.17, 15) is 0 Å². The van der Waals surface area contributed by atoms with Crippen LogP contribution < -0.4 is 0 Å². The van der Waals surface area contributed by atoms with Crippen LogP contribution in [-0.4, -0.2) is 15.2 Å². The molecule has 0 saturated carbocycles. The topological polar surface area (TPSA) is 65.4 Å². The number of nitrogens with one attached hydrogen (secondary N) is 1. The van der Waals surface area contributed by atoms with E-state index in [-0.39, 0.29) is 0 Å². The van der Waals surface area contributed by atoms with E-state index in [4.69, 9.17) is 5.26 Å². The first kappa shape index (κ1) is 10.7. The third-order valence-corrected chi connectivity index (χ3v) is 3.15. The van der Waals surface area contributed by atoms with Crippen molar-refractivity contribution in [1.82, 2.24) is 15.2 Å². The van der Waals surface area contributed by atoms with E-state index >= 15 is 0 Å². The first-order chi connectivity index (χ1) is 7.79. The molecule has 4 nitrogen and oxygen atoms in total. The Hall–Kier alpha value is -1.80. The molecule has 0 aliphatic rings. The Morgan fingerprint density at radius 3 is 3.00 bits per heavy atom. The number of aryl methyl sites for hydroxylation is 1. The lowest BCUT2D eigenvalue weighted by Gasteiger charge is -2.04. The SMILES string of the molecule is Cc1cc(C#N)ccc1CSc1ncn[nH]1. The molecule has 1 aromatic heterocycles. The van der Waals surface area contributed by atoms with E-state index in [1.54, 1.807) is 11.8 Å². The Bertz CT molecular complexity index is 513. The predicted molar refractivity (Wildman–Crippen MR) is 61.8 cm³/mol. The zero-order valence-electron chi connectivity index (χ0n) is 8.77. The summed E-state index contributed by atoms with van der Waals surface area (Å²) in [6, 6.07) is 7.85. The second-order valence-electron chi connectivity index (χ2n) is 3.33. The van der Waals surface area contributed by atoms with Crippen LogP contribution in [0.25, 0.3) is 0 Å². The summed E-state index contributed by atoms with van der Waals surface area (Å²) in [5.41, 5.74) is 3.04. The first-order valence-corrected chi connectivity index (χ1v) is 5.76. The average molecular weight is 230 g/mol. The molecule has 0 radical (unpaired) electrons. The van der Waals surface area contributed by atoms with Gasteiger partial charge in [-0.1, -0.05) is 17.8 Å². The van der Waals surface area contributed by atoms with Crippen molar-refractivity contribution in [3.8, 4) is 6.07 Å². The summed E-state index contributed by atoms with van der Waals surface area (Å²) < 4.78 is 0. The maximum absolute atomic E-state index is 8.75. The Labute approximate surface area is 97.7 Å². The number of benzene rings is 1. The van der Waals surface area contributed by atoms with Crippen LogP contribution in [0.5, 0.6) is 0 Å². The predicted octanol–water partition coefficient (Wildman–Crippen LogP) is 2.28. The van der Waals surface area contributed by atoms with E-state index in [1.807, 2.05) is 25.1 Å². The molecule has 0 amide bonds. The maximum atomic E-state index is 8.75. The van der Waals surface area contributed by atoms with Gasteiger partial charge in [0.05, 0.1) is 11.6 Å². The summed E-state index contributed by atoms with van der Waals surface area (Å²) in [5.74, 6) is 0.826. The molecule has 16 heavy (non-hydrogen) atoms. The summed E-state index contributed by atoms with van der Waals surface area (Å²) in [6.45, 7) is 2.01. The molecule has 0 saturated heterocycles. The molecule has 0 spiro atoms. The van der Waals surface area contributed by atoms with Gasteiger partial charge >= 0.3 is 0 Å². The van der Waals surface area contributed by atoms with Crippen molar-refractivity contribution in [2.75, 3.05) is 0 Å². The standard InChI is InChI=1S/C11H10N4S/c1-8-4-9(5-12)2-3-10(8)6-16-11-13-7-14-15-11/h2-4,7H,6H2,1H3,(H,13,14,15). The van der Waals surface area contributed by atoms with Crippen LogP contribution in [0, 0.1) is 18.3 Å². The average Bonchev–Trinajstić information content (AvgIpc) is 2.80. The molecular weight excluding hydrogens is 220 g/mol. The Morgan fingerprint density at radius 2 is 2.38 bits per heavy atom. The molecule has 2 aromatic rings. The zero-order chi connectivity index (χ0) is 11.4. The lowest BCUT2D eigenvalue weighted by atomic mass is 10.1. The molecule has 5 heteroatoms. The van der Waals surface area contributed by atoms with Crippen molar-refractivity contribution < 1.29 is 0 Å². The second-order valence-corrected chi connectivity index (χ2v) is 4.30. The van der Waals surface area contributed by atoms with Gasteiger partial charge in [0.1, 0.15) is 6.33 Å². The lowest BCUT2D eigenvalue weighted by molar-refractivity contribution is 0.972. The van der Waals surface area contributed by atoms with Gasteiger partial charge in [-0.05, 0) is 30.2 Å².